The Kier molecular flexibility index (Phi) is 2.60. The van der Waals surface area contributed by atoms with Gasteiger partial charge in [-0.2, -0.15) is 10.1 Å². The largest absolute Gasteiger partial charge is 0.368 e. The van der Waals surface area contributed by atoms with Crippen LogP contribution in [-0.4, -0.2) is 20.2 Å². The van der Waals surface area contributed by atoms with E-state index in [9.17, 15) is 4.39 Å². The Hall–Kier alpha value is -2.15. The number of rotatable bonds is 2. The summed E-state index contributed by atoms with van der Waals surface area (Å²) in [6.45, 7) is 0. The summed E-state index contributed by atoms with van der Waals surface area (Å²) in [6, 6.07) is 6.49. The van der Waals surface area contributed by atoms with E-state index in [1.54, 1.807) is 24.4 Å². The van der Waals surface area contributed by atoms with Crippen LogP contribution in [0.4, 0.5) is 10.3 Å². The van der Waals surface area contributed by atoms with Crippen LogP contribution in [0.25, 0.3) is 11.0 Å². The van der Waals surface area contributed by atoms with E-state index < -0.39 is 0 Å². The maximum Gasteiger partial charge on any atom is 0.223 e. The van der Waals surface area contributed by atoms with Crippen molar-refractivity contribution in [2.45, 2.75) is 9.92 Å². The van der Waals surface area contributed by atoms with E-state index in [4.69, 9.17) is 5.73 Å². The third-order valence-corrected chi connectivity index (χ3v) is 3.39. The Morgan fingerprint density at radius 1 is 1.22 bits per heavy atom. The zero-order chi connectivity index (χ0) is 12.5. The first-order valence-corrected chi connectivity index (χ1v) is 5.94. The third kappa shape index (κ3) is 1.88. The second kappa shape index (κ2) is 4.26. The van der Waals surface area contributed by atoms with Crippen molar-refractivity contribution in [3.8, 4) is 0 Å². The molecule has 3 aromatic rings. The van der Waals surface area contributed by atoms with Crippen LogP contribution < -0.4 is 5.73 Å². The molecule has 0 atom stereocenters. The van der Waals surface area contributed by atoms with Crippen molar-refractivity contribution in [2.24, 2.45) is 0 Å². The molecule has 2 aromatic heterocycles. The van der Waals surface area contributed by atoms with Gasteiger partial charge in [0.1, 0.15) is 10.8 Å². The van der Waals surface area contributed by atoms with Crippen molar-refractivity contribution in [1.29, 1.82) is 0 Å². The lowest BCUT2D eigenvalue weighted by Gasteiger charge is -2.03. The van der Waals surface area contributed by atoms with Crippen molar-refractivity contribution in [3.63, 3.8) is 0 Å². The van der Waals surface area contributed by atoms with Gasteiger partial charge in [0.2, 0.25) is 5.95 Å². The molecule has 3 rings (SSSR count). The van der Waals surface area contributed by atoms with Crippen LogP contribution in [0.1, 0.15) is 0 Å². The number of aromatic amines is 1. The second-order valence-corrected chi connectivity index (χ2v) is 4.58. The monoisotopic (exact) mass is 261 g/mol. The molecule has 7 heteroatoms. The summed E-state index contributed by atoms with van der Waals surface area (Å²) in [7, 11) is 0. The van der Waals surface area contributed by atoms with Crippen molar-refractivity contribution < 1.29 is 4.39 Å². The molecule has 0 amide bonds. The number of hydrogen-bond acceptors (Lipinski definition) is 5. The minimum absolute atomic E-state index is 0.130. The van der Waals surface area contributed by atoms with Gasteiger partial charge in [0.25, 0.3) is 0 Å². The van der Waals surface area contributed by atoms with E-state index in [1.807, 2.05) is 0 Å². The van der Waals surface area contributed by atoms with E-state index in [0.29, 0.717) is 15.6 Å². The second-order valence-electron chi connectivity index (χ2n) is 3.55. The minimum Gasteiger partial charge on any atom is -0.368 e. The van der Waals surface area contributed by atoms with E-state index in [0.717, 1.165) is 5.39 Å². The smallest absolute Gasteiger partial charge is 0.223 e. The summed E-state index contributed by atoms with van der Waals surface area (Å²) in [4.78, 5) is 8.60. The van der Waals surface area contributed by atoms with E-state index in [1.165, 1.54) is 17.8 Å². The maximum absolute atomic E-state index is 13.6. The number of fused-ring (bicyclic) bond motifs is 1. The zero-order valence-electron chi connectivity index (χ0n) is 9.09. The topological polar surface area (TPSA) is 80.5 Å². The first-order valence-electron chi connectivity index (χ1n) is 5.13. The van der Waals surface area contributed by atoms with Gasteiger partial charge in [0, 0.05) is 4.90 Å². The van der Waals surface area contributed by atoms with Gasteiger partial charge in [-0.15, -0.1) is 0 Å². The molecule has 0 aliphatic rings. The fourth-order valence-corrected chi connectivity index (χ4v) is 2.45. The molecular weight excluding hydrogens is 253 g/mol. The summed E-state index contributed by atoms with van der Waals surface area (Å²) >= 11 is 1.20. The number of anilines is 1. The van der Waals surface area contributed by atoms with Gasteiger partial charge in [-0.25, -0.2) is 9.37 Å². The van der Waals surface area contributed by atoms with Crippen molar-refractivity contribution in [3.05, 3.63) is 36.3 Å². The Balaban J connectivity index is 2.10. The van der Waals surface area contributed by atoms with Crippen LogP contribution in [0.15, 0.2) is 40.4 Å². The number of halogens is 1. The number of nitrogens with two attached hydrogens (primary N) is 1. The molecular formula is C11H8FN5S. The van der Waals surface area contributed by atoms with Crippen LogP contribution in [0.5, 0.6) is 0 Å². The van der Waals surface area contributed by atoms with Crippen LogP contribution >= 0.6 is 11.8 Å². The molecule has 0 spiro atoms. The number of H-pyrrole nitrogens is 1. The number of benzene rings is 1. The molecule has 0 aliphatic heterocycles. The van der Waals surface area contributed by atoms with Gasteiger partial charge in [-0.1, -0.05) is 23.9 Å². The van der Waals surface area contributed by atoms with Crippen LogP contribution in [0.3, 0.4) is 0 Å². The van der Waals surface area contributed by atoms with Gasteiger partial charge in [0.05, 0.1) is 11.6 Å². The van der Waals surface area contributed by atoms with Gasteiger partial charge in [-0.3, -0.25) is 5.10 Å². The highest BCUT2D eigenvalue weighted by atomic mass is 32.2. The quantitative estimate of drug-likeness (QED) is 0.691. The Bertz CT molecular complexity index is 711. The molecule has 90 valence electrons. The molecule has 5 nitrogen and oxygen atoms in total. The number of nitrogens with one attached hydrogen (secondary N) is 1. The average Bonchev–Trinajstić information content (AvgIpc) is 2.80. The van der Waals surface area contributed by atoms with Gasteiger partial charge in [-0.05, 0) is 12.1 Å². The Morgan fingerprint density at radius 3 is 2.89 bits per heavy atom. The summed E-state index contributed by atoms with van der Waals surface area (Å²) in [5.41, 5.74) is 6.14. The lowest BCUT2D eigenvalue weighted by atomic mass is 10.3. The summed E-state index contributed by atoms with van der Waals surface area (Å²) in [6.07, 6.45) is 1.60. The molecule has 0 saturated carbocycles. The first kappa shape index (κ1) is 11.0. The SMILES string of the molecule is Nc1nc(Sc2ccccc2F)c2cn[nH]c2n1. The zero-order valence-corrected chi connectivity index (χ0v) is 9.91. The maximum atomic E-state index is 13.6. The highest BCUT2D eigenvalue weighted by Gasteiger charge is 2.11. The number of nitrogen functional groups attached to an aromatic ring is 1. The summed E-state index contributed by atoms with van der Waals surface area (Å²) < 4.78 is 13.6. The molecule has 0 bridgehead atoms. The van der Waals surface area contributed by atoms with E-state index in [2.05, 4.69) is 20.2 Å². The van der Waals surface area contributed by atoms with Crippen molar-refractivity contribution >= 4 is 28.7 Å². The van der Waals surface area contributed by atoms with Crippen molar-refractivity contribution in [1.82, 2.24) is 20.2 Å². The number of nitrogens with zero attached hydrogens (tertiary/aromatic N) is 3. The lowest BCUT2D eigenvalue weighted by Crippen LogP contribution is -1.96. The summed E-state index contributed by atoms with van der Waals surface area (Å²) in [5.74, 6) is -0.165. The molecule has 0 aliphatic carbocycles. The first-order chi connectivity index (χ1) is 8.74. The predicted molar refractivity (Wildman–Crippen MR) is 66.6 cm³/mol. The van der Waals surface area contributed by atoms with Crippen molar-refractivity contribution in [2.75, 3.05) is 5.73 Å². The van der Waals surface area contributed by atoms with Crippen LogP contribution in [0, 0.1) is 5.82 Å². The highest BCUT2D eigenvalue weighted by Crippen LogP contribution is 2.32. The summed E-state index contributed by atoms with van der Waals surface area (Å²) in [5, 5.41) is 7.89. The highest BCUT2D eigenvalue weighted by molar-refractivity contribution is 7.99. The Morgan fingerprint density at radius 2 is 2.06 bits per heavy atom. The molecule has 1 aromatic carbocycles. The van der Waals surface area contributed by atoms with Gasteiger partial charge in [0.15, 0.2) is 5.65 Å². The molecule has 0 saturated heterocycles. The lowest BCUT2D eigenvalue weighted by molar-refractivity contribution is 0.602. The van der Waals surface area contributed by atoms with E-state index in [-0.39, 0.29) is 11.8 Å². The van der Waals surface area contributed by atoms with E-state index >= 15 is 0 Å². The Labute approximate surface area is 106 Å². The van der Waals surface area contributed by atoms with Crippen LogP contribution in [-0.2, 0) is 0 Å². The fraction of sp³-hybridized carbons (Fsp3) is 0. The fourth-order valence-electron chi connectivity index (χ4n) is 1.53. The molecule has 0 fully saturated rings. The number of hydrogen-bond donors (Lipinski definition) is 2. The third-order valence-electron chi connectivity index (χ3n) is 2.34. The molecule has 2 heterocycles. The standard InChI is InChI=1S/C11H8FN5S/c12-7-3-1-2-4-8(7)18-10-6-5-14-17-9(6)15-11(13)16-10/h1-5H,(H3,13,14,15,16,17). The minimum atomic E-state index is -0.295. The molecule has 18 heavy (non-hydrogen) atoms. The average molecular weight is 261 g/mol. The molecule has 0 unspecified atom stereocenters. The molecule has 0 radical (unpaired) electrons. The number of aromatic nitrogens is 4. The van der Waals surface area contributed by atoms with Crippen LogP contribution in [0.2, 0.25) is 0 Å². The normalized spacial score (nSPS) is 10.9. The van der Waals surface area contributed by atoms with Gasteiger partial charge < -0.3 is 5.73 Å². The van der Waals surface area contributed by atoms with Gasteiger partial charge >= 0.3 is 0 Å². The molecule has 3 N–H and O–H groups in total. The predicted octanol–water partition coefficient (Wildman–Crippen LogP) is 2.23.